The zero-order chi connectivity index (χ0) is 19.8. The Hall–Kier alpha value is -0.990. The van der Waals surface area contributed by atoms with Crippen LogP contribution in [-0.4, -0.2) is 75.6 Å². The van der Waals surface area contributed by atoms with Gasteiger partial charge in [0.2, 0.25) is 0 Å². The molecule has 7 nitrogen and oxygen atoms in total. The third kappa shape index (κ3) is 35.1. The van der Waals surface area contributed by atoms with E-state index in [2.05, 4.69) is 13.5 Å². The summed E-state index contributed by atoms with van der Waals surface area (Å²) in [5.74, 6) is -0.284. The molecule has 0 aromatic rings. The SMILES string of the molecule is C=C(C)C(=O)OCCCC.CCOCC.OCCOCCOCCO. The number of esters is 1. The first-order valence-corrected chi connectivity index (χ1v) is 8.79. The molecule has 2 N–H and O–H groups in total. The lowest BCUT2D eigenvalue weighted by Crippen LogP contribution is -2.09. The number of carbonyl (C=O) groups is 1. The highest BCUT2D eigenvalue weighted by Gasteiger charge is 2.00. The number of aliphatic hydroxyl groups excluding tert-OH is 2. The first-order valence-electron chi connectivity index (χ1n) is 8.79. The lowest BCUT2D eigenvalue weighted by atomic mass is 10.3. The van der Waals surface area contributed by atoms with Gasteiger partial charge in [-0.3, -0.25) is 0 Å². The van der Waals surface area contributed by atoms with Gasteiger partial charge in [0.25, 0.3) is 0 Å². The Bertz CT molecular complexity index is 260. The normalized spacial score (nSPS) is 9.36. The third-order valence-corrected chi connectivity index (χ3v) is 2.33. The summed E-state index contributed by atoms with van der Waals surface area (Å²) in [6.07, 6.45) is 1.97. The zero-order valence-corrected chi connectivity index (χ0v) is 16.4. The molecular weight excluding hydrogens is 328 g/mol. The molecule has 0 rings (SSSR count). The molecule has 0 aromatic heterocycles. The second-order valence-corrected chi connectivity index (χ2v) is 4.72. The number of rotatable bonds is 13. The van der Waals surface area contributed by atoms with Crippen LogP contribution >= 0.6 is 0 Å². The van der Waals surface area contributed by atoms with Gasteiger partial charge in [-0.1, -0.05) is 19.9 Å². The van der Waals surface area contributed by atoms with Crippen molar-refractivity contribution in [3.63, 3.8) is 0 Å². The lowest BCUT2D eigenvalue weighted by molar-refractivity contribution is -0.139. The summed E-state index contributed by atoms with van der Waals surface area (Å²) in [6.45, 7) is 15.1. The predicted molar refractivity (Wildman–Crippen MR) is 98.7 cm³/mol. The summed E-state index contributed by atoms with van der Waals surface area (Å²) in [7, 11) is 0. The summed E-state index contributed by atoms with van der Waals surface area (Å²) in [5, 5.41) is 16.5. The van der Waals surface area contributed by atoms with E-state index >= 15 is 0 Å². The standard InChI is InChI=1S/C8H14O2.C6H14O4.C4H10O/c1-4-5-6-10-8(9)7(2)3;7-1-3-9-5-6-10-4-2-8;1-3-5-4-2/h2,4-6H2,1,3H3;7-8H,1-6H2;3-4H2,1-2H3. The Labute approximate surface area is 152 Å². The Morgan fingerprint density at radius 2 is 1.32 bits per heavy atom. The molecular formula is C18H38O7. The molecule has 0 spiro atoms. The highest BCUT2D eigenvalue weighted by atomic mass is 16.5. The zero-order valence-electron chi connectivity index (χ0n) is 16.4. The van der Waals surface area contributed by atoms with Crippen LogP contribution in [0.4, 0.5) is 0 Å². The topological polar surface area (TPSA) is 94.5 Å². The van der Waals surface area contributed by atoms with Crippen LogP contribution in [0.15, 0.2) is 12.2 Å². The number of aliphatic hydroxyl groups is 2. The monoisotopic (exact) mass is 366 g/mol. The van der Waals surface area contributed by atoms with Gasteiger partial charge >= 0.3 is 5.97 Å². The Kier molecular flexibility index (Phi) is 32.1. The fraction of sp³-hybridized carbons (Fsp3) is 0.833. The minimum atomic E-state index is -0.284. The summed E-state index contributed by atoms with van der Waals surface area (Å²) in [4.78, 5) is 10.7. The first kappa shape index (κ1) is 28.8. The Morgan fingerprint density at radius 3 is 1.60 bits per heavy atom. The molecule has 0 bridgehead atoms. The third-order valence-electron chi connectivity index (χ3n) is 2.33. The molecule has 7 heteroatoms. The fourth-order valence-electron chi connectivity index (χ4n) is 1.09. The van der Waals surface area contributed by atoms with Crippen molar-refractivity contribution in [3.05, 3.63) is 12.2 Å². The minimum absolute atomic E-state index is 0.0417. The molecule has 25 heavy (non-hydrogen) atoms. The minimum Gasteiger partial charge on any atom is -0.462 e. The Balaban J connectivity index is -0.000000308. The summed E-state index contributed by atoms with van der Waals surface area (Å²) < 4.78 is 19.4. The largest absolute Gasteiger partial charge is 0.462 e. The molecule has 0 atom stereocenters. The van der Waals surface area contributed by atoms with Crippen molar-refractivity contribution in [2.24, 2.45) is 0 Å². The molecule has 0 heterocycles. The van der Waals surface area contributed by atoms with E-state index < -0.39 is 0 Å². The number of ether oxygens (including phenoxy) is 4. The van der Waals surface area contributed by atoms with Gasteiger partial charge in [0.1, 0.15) is 0 Å². The maximum Gasteiger partial charge on any atom is 0.333 e. The van der Waals surface area contributed by atoms with Crippen molar-refractivity contribution in [1.82, 2.24) is 0 Å². The quantitative estimate of drug-likeness (QED) is 0.292. The molecule has 0 aromatic carbocycles. The molecule has 0 saturated heterocycles. The summed E-state index contributed by atoms with van der Waals surface area (Å²) in [6, 6.07) is 0. The van der Waals surface area contributed by atoms with Crippen LogP contribution in [-0.2, 0) is 23.7 Å². The molecule has 0 fully saturated rings. The van der Waals surface area contributed by atoms with Gasteiger partial charge < -0.3 is 29.2 Å². The van der Waals surface area contributed by atoms with Crippen LogP contribution in [0, 0.1) is 0 Å². The second-order valence-electron chi connectivity index (χ2n) is 4.72. The molecule has 0 aliphatic carbocycles. The van der Waals surface area contributed by atoms with Crippen molar-refractivity contribution in [3.8, 4) is 0 Å². The predicted octanol–water partition coefficient (Wildman–Crippen LogP) is 1.95. The van der Waals surface area contributed by atoms with Crippen molar-refractivity contribution in [1.29, 1.82) is 0 Å². The van der Waals surface area contributed by atoms with E-state index in [0.29, 0.717) is 38.6 Å². The molecule has 0 radical (unpaired) electrons. The second kappa shape index (κ2) is 27.8. The van der Waals surface area contributed by atoms with Crippen molar-refractivity contribution in [2.45, 2.75) is 40.5 Å². The maximum absolute atomic E-state index is 10.7. The van der Waals surface area contributed by atoms with Gasteiger partial charge in [-0.25, -0.2) is 4.79 Å². The van der Waals surface area contributed by atoms with Crippen LogP contribution in [0.25, 0.3) is 0 Å². The van der Waals surface area contributed by atoms with Crippen molar-refractivity contribution >= 4 is 5.97 Å². The smallest absolute Gasteiger partial charge is 0.333 e. The highest BCUT2D eigenvalue weighted by molar-refractivity contribution is 5.86. The van der Waals surface area contributed by atoms with Gasteiger partial charge in [-0.15, -0.1) is 0 Å². The molecule has 152 valence electrons. The van der Waals surface area contributed by atoms with E-state index in [1.807, 2.05) is 13.8 Å². The van der Waals surface area contributed by atoms with E-state index in [9.17, 15) is 4.79 Å². The highest BCUT2D eigenvalue weighted by Crippen LogP contribution is 1.94. The molecule has 0 amide bonds. The number of carbonyl (C=O) groups excluding carboxylic acids is 1. The lowest BCUT2D eigenvalue weighted by Gasteiger charge is -2.01. The summed E-state index contributed by atoms with van der Waals surface area (Å²) in [5.41, 5.74) is 0.469. The maximum atomic E-state index is 10.7. The van der Waals surface area contributed by atoms with Crippen LogP contribution in [0.2, 0.25) is 0 Å². The molecule has 0 saturated carbocycles. The number of unbranched alkanes of at least 4 members (excludes halogenated alkanes) is 1. The van der Waals surface area contributed by atoms with Crippen LogP contribution in [0.3, 0.4) is 0 Å². The van der Waals surface area contributed by atoms with Gasteiger partial charge in [-0.2, -0.15) is 0 Å². The summed E-state index contributed by atoms with van der Waals surface area (Å²) >= 11 is 0. The van der Waals surface area contributed by atoms with Crippen LogP contribution in [0.5, 0.6) is 0 Å². The average Bonchev–Trinajstić information content (AvgIpc) is 2.60. The molecule has 0 aliphatic heterocycles. The average molecular weight is 366 g/mol. The Morgan fingerprint density at radius 1 is 0.840 bits per heavy atom. The van der Waals surface area contributed by atoms with E-state index in [1.54, 1.807) is 6.92 Å². The van der Waals surface area contributed by atoms with Gasteiger partial charge in [0.15, 0.2) is 0 Å². The van der Waals surface area contributed by atoms with Gasteiger partial charge in [0, 0.05) is 18.8 Å². The van der Waals surface area contributed by atoms with E-state index in [-0.39, 0.29) is 19.2 Å². The van der Waals surface area contributed by atoms with E-state index in [1.165, 1.54) is 0 Å². The fourth-order valence-corrected chi connectivity index (χ4v) is 1.09. The van der Waals surface area contributed by atoms with Crippen molar-refractivity contribution in [2.75, 3.05) is 59.5 Å². The van der Waals surface area contributed by atoms with E-state index in [4.69, 9.17) is 29.2 Å². The van der Waals surface area contributed by atoms with Gasteiger partial charge in [0.05, 0.1) is 46.2 Å². The molecule has 0 aliphatic rings. The van der Waals surface area contributed by atoms with Crippen LogP contribution < -0.4 is 0 Å². The van der Waals surface area contributed by atoms with E-state index in [0.717, 1.165) is 26.1 Å². The number of hydrogen-bond acceptors (Lipinski definition) is 7. The first-order chi connectivity index (χ1) is 12.0. The number of hydrogen-bond donors (Lipinski definition) is 2. The van der Waals surface area contributed by atoms with Gasteiger partial charge in [-0.05, 0) is 27.2 Å². The van der Waals surface area contributed by atoms with Crippen molar-refractivity contribution < 1.29 is 34.0 Å². The molecule has 0 unspecified atom stereocenters. The van der Waals surface area contributed by atoms with Crippen LogP contribution in [0.1, 0.15) is 40.5 Å².